The molecule has 0 aliphatic rings. The third-order valence-electron chi connectivity index (χ3n) is 4.33. The lowest BCUT2D eigenvalue weighted by molar-refractivity contribution is 1.01. The molecule has 3 aromatic carbocycles. The van der Waals surface area contributed by atoms with E-state index in [1.54, 1.807) is 11.8 Å². The molecule has 0 fully saturated rings. The highest BCUT2D eigenvalue weighted by Crippen LogP contribution is 2.30. The minimum atomic E-state index is 0.592. The Hall–Kier alpha value is -2.15. The highest BCUT2D eigenvalue weighted by atomic mass is 35.5. The number of allylic oxidation sites excluding steroid dienone is 1. The summed E-state index contributed by atoms with van der Waals surface area (Å²) in [6.45, 7) is 0. The van der Waals surface area contributed by atoms with Gasteiger partial charge in [0.2, 0.25) is 5.13 Å². The summed E-state index contributed by atoms with van der Waals surface area (Å²) in [5, 5.41) is 11.2. The lowest BCUT2D eigenvalue weighted by Crippen LogP contribution is -1.96. The van der Waals surface area contributed by atoms with Crippen LogP contribution in [0.25, 0.3) is 6.08 Å². The Morgan fingerprint density at radius 2 is 1.41 bits per heavy atom. The van der Waals surface area contributed by atoms with Gasteiger partial charge in [-0.05, 0) is 53.6 Å². The SMILES string of the molecule is Clc1ccc(/C=C/C(=Nc2nnc(SCc3ccc(Cl)cc3)s2)c2ccc(Cl)cc2)cc1. The Kier molecular flexibility index (Phi) is 8.00. The maximum Gasteiger partial charge on any atom is 0.232 e. The van der Waals surface area contributed by atoms with Crippen LogP contribution in [0.15, 0.2) is 88.2 Å². The van der Waals surface area contributed by atoms with E-state index < -0.39 is 0 Å². The summed E-state index contributed by atoms with van der Waals surface area (Å²) >= 11 is 21.1. The van der Waals surface area contributed by atoms with E-state index in [0.717, 1.165) is 32.0 Å². The van der Waals surface area contributed by atoms with Crippen molar-refractivity contribution < 1.29 is 0 Å². The number of hydrogen-bond acceptors (Lipinski definition) is 5. The summed E-state index contributed by atoms with van der Waals surface area (Å²) in [4.78, 5) is 4.75. The van der Waals surface area contributed by atoms with Crippen molar-refractivity contribution in [3.8, 4) is 0 Å². The lowest BCUT2D eigenvalue weighted by atomic mass is 10.1. The summed E-state index contributed by atoms with van der Waals surface area (Å²) in [7, 11) is 0. The number of hydrogen-bond donors (Lipinski definition) is 0. The van der Waals surface area contributed by atoms with Gasteiger partial charge in [0.25, 0.3) is 0 Å². The summed E-state index contributed by atoms with van der Waals surface area (Å²) in [6.07, 6.45) is 3.94. The van der Waals surface area contributed by atoms with E-state index >= 15 is 0 Å². The maximum absolute atomic E-state index is 6.06. The van der Waals surface area contributed by atoms with Crippen molar-refractivity contribution in [1.29, 1.82) is 0 Å². The van der Waals surface area contributed by atoms with Gasteiger partial charge in [0.15, 0.2) is 4.34 Å². The molecule has 0 radical (unpaired) electrons. The molecule has 4 aromatic rings. The second-order valence-corrected chi connectivity index (χ2v) is 10.1. The summed E-state index contributed by atoms with van der Waals surface area (Å²) in [5.41, 5.74) is 3.90. The topological polar surface area (TPSA) is 38.1 Å². The first kappa shape index (κ1) is 23.0. The quantitative estimate of drug-likeness (QED) is 0.182. The maximum atomic E-state index is 6.06. The number of benzene rings is 3. The van der Waals surface area contributed by atoms with Crippen LogP contribution in [-0.2, 0) is 5.75 Å². The van der Waals surface area contributed by atoms with E-state index in [4.69, 9.17) is 39.8 Å². The number of aromatic nitrogens is 2. The molecule has 0 N–H and O–H groups in total. The molecular weight excluding hydrogens is 501 g/mol. The molecule has 0 aliphatic heterocycles. The van der Waals surface area contributed by atoms with Crippen LogP contribution >= 0.6 is 57.9 Å². The summed E-state index contributed by atoms with van der Waals surface area (Å²) in [6, 6.07) is 23.0. The highest BCUT2D eigenvalue weighted by molar-refractivity contribution is 8.00. The van der Waals surface area contributed by atoms with Gasteiger partial charge in [-0.1, -0.05) is 100 Å². The molecule has 1 heterocycles. The first-order chi connectivity index (χ1) is 15.5. The van der Waals surface area contributed by atoms with E-state index in [1.165, 1.54) is 16.9 Å². The molecular formula is C24H16Cl3N3S2. The van der Waals surface area contributed by atoms with Gasteiger partial charge in [0.1, 0.15) is 0 Å². The molecule has 0 spiro atoms. The van der Waals surface area contributed by atoms with Crippen LogP contribution in [0.5, 0.6) is 0 Å². The van der Waals surface area contributed by atoms with E-state index in [2.05, 4.69) is 10.2 Å². The largest absolute Gasteiger partial charge is 0.232 e. The van der Waals surface area contributed by atoms with Gasteiger partial charge < -0.3 is 0 Å². The van der Waals surface area contributed by atoms with E-state index in [-0.39, 0.29) is 0 Å². The minimum absolute atomic E-state index is 0.592. The van der Waals surface area contributed by atoms with Gasteiger partial charge in [0.05, 0.1) is 5.71 Å². The molecule has 3 nitrogen and oxygen atoms in total. The van der Waals surface area contributed by atoms with Crippen LogP contribution < -0.4 is 0 Å². The van der Waals surface area contributed by atoms with Crippen LogP contribution in [0.4, 0.5) is 5.13 Å². The minimum Gasteiger partial charge on any atom is -0.218 e. The van der Waals surface area contributed by atoms with Crippen molar-refractivity contribution in [2.45, 2.75) is 10.1 Å². The zero-order valence-electron chi connectivity index (χ0n) is 16.6. The molecule has 8 heteroatoms. The summed E-state index contributed by atoms with van der Waals surface area (Å²) < 4.78 is 0.857. The normalized spacial score (nSPS) is 11.9. The molecule has 160 valence electrons. The lowest BCUT2D eigenvalue weighted by Gasteiger charge is -2.02. The zero-order valence-corrected chi connectivity index (χ0v) is 20.5. The number of rotatable bonds is 7. The number of nitrogens with zero attached hydrogens (tertiary/aromatic N) is 3. The third-order valence-corrected chi connectivity index (χ3v) is 7.11. The van der Waals surface area contributed by atoms with Crippen LogP contribution in [0.2, 0.25) is 15.1 Å². The van der Waals surface area contributed by atoms with Gasteiger partial charge in [-0.2, -0.15) is 0 Å². The van der Waals surface area contributed by atoms with Crippen molar-refractivity contribution in [2.75, 3.05) is 0 Å². The predicted molar refractivity (Wildman–Crippen MR) is 139 cm³/mol. The fraction of sp³-hybridized carbons (Fsp3) is 0.0417. The average Bonchev–Trinajstić information content (AvgIpc) is 3.25. The molecule has 0 unspecified atom stereocenters. The van der Waals surface area contributed by atoms with Gasteiger partial charge in [0, 0.05) is 26.4 Å². The first-order valence-corrected chi connectivity index (χ1v) is 12.5. The predicted octanol–water partition coefficient (Wildman–Crippen LogP) is 8.62. The number of thioether (sulfide) groups is 1. The molecule has 0 atom stereocenters. The molecule has 0 bridgehead atoms. The monoisotopic (exact) mass is 515 g/mol. The molecule has 4 rings (SSSR count). The van der Waals surface area contributed by atoms with Crippen molar-refractivity contribution in [2.24, 2.45) is 4.99 Å². The van der Waals surface area contributed by atoms with Crippen molar-refractivity contribution >= 4 is 74.8 Å². The van der Waals surface area contributed by atoms with Gasteiger partial charge >= 0.3 is 0 Å². The Balaban J connectivity index is 1.55. The molecule has 0 aliphatic carbocycles. The second kappa shape index (κ2) is 11.1. The molecule has 0 amide bonds. The molecule has 1 aromatic heterocycles. The fourth-order valence-electron chi connectivity index (χ4n) is 2.70. The Labute approximate surface area is 209 Å². The smallest absolute Gasteiger partial charge is 0.218 e. The van der Waals surface area contributed by atoms with Crippen molar-refractivity contribution in [3.63, 3.8) is 0 Å². The summed E-state index contributed by atoms with van der Waals surface area (Å²) in [5.74, 6) is 0.788. The Morgan fingerprint density at radius 3 is 2.06 bits per heavy atom. The zero-order chi connectivity index (χ0) is 22.3. The van der Waals surface area contributed by atoms with Crippen LogP contribution in [0.1, 0.15) is 16.7 Å². The van der Waals surface area contributed by atoms with Crippen LogP contribution in [0, 0.1) is 0 Å². The molecule has 0 saturated heterocycles. The Bertz CT molecular complexity index is 1230. The van der Waals surface area contributed by atoms with Crippen molar-refractivity contribution in [3.05, 3.63) is 111 Å². The molecule has 0 saturated carbocycles. The third kappa shape index (κ3) is 6.67. The van der Waals surface area contributed by atoms with Gasteiger partial charge in [-0.25, -0.2) is 4.99 Å². The van der Waals surface area contributed by atoms with Crippen LogP contribution in [-0.4, -0.2) is 15.9 Å². The second-order valence-electron chi connectivity index (χ2n) is 6.65. The highest BCUT2D eigenvalue weighted by Gasteiger charge is 2.07. The van der Waals surface area contributed by atoms with E-state index in [9.17, 15) is 0 Å². The average molecular weight is 517 g/mol. The Morgan fingerprint density at radius 1 is 0.812 bits per heavy atom. The van der Waals surface area contributed by atoms with E-state index in [1.807, 2.05) is 84.9 Å². The fourth-order valence-corrected chi connectivity index (χ4v) is 4.76. The number of aliphatic imine (C=N–C) groups is 1. The van der Waals surface area contributed by atoms with Crippen molar-refractivity contribution in [1.82, 2.24) is 10.2 Å². The van der Waals surface area contributed by atoms with Crippen LogP contribution in [0.3, 0.4) is 0 Å². The van der Waals surface area contributed by atoms with E-state index in [0.29, 0.717) is 15.2 Å². The van der Waals surface area contributed by atoms with Gasteiger partial charge in [-0.3, -0.25) is 0 Å². The number of halogens is 3. The molecule has 32 heavy (non-hydrogen) atoms. The first-order valence-electron chi connectivity index (χ1n) is 9.54. The van der Waals surface area contributed by atoms with Gasteiger partial charge in [-0.15, -0.1) is 10.2 Å². The standard InChI is InChI=1S/C24H16Cl3N3S2/c25-19-8-1-16(2-9-19)5-14-22(18-6-12-21(27)13-7-18)28-23-29-30-24(32-23)31-15-17-3-10-20(26)11-4-17/h1-14H,15H2/b14-5+,28-22?.